The first kappa shape index (κ1) is 16.2. The molecule has 0 unspecified atom stereocenters. The Kier molecular flexibility index (Phi) is 4.98. The van der Waals surface area contributed by atoms with Crippen LogP contribution in [0, 0.1) is 20.8 Å². The largest absolute Gasteiger partial charge is 0.318 e. The molecule has 0 spiro atoms. The summed E-state index contributed by atoms with van der Waals surface area (Å²) in [5, 5.41) is 5.21. The summed E-state index contributed by atoms with van der Waals surface area (Å²) in [5.74, 6) is -1.40. The molecule has 0 heterocycles. The highest BCUT2D eigenvalue weighted by atomic mass is 79.9. The molecule has 2 aromatic carbocycles. The molecule has 0 aliphatic rings. The van der Waals surface area contributed by atoms with E-state index in [0.717, 1.165) is 21.2 Å². The molecule has 0 radical (unpaired) electrons. The molecular formula is C17H17BrN2O2. The number of hydrogen-bond donors (Lipinski definition) is 2. The van der Waals surface area contributed by atoms with Crippen molar-refractivity contribution in [1.82, 2.24) is 0 Å². The van der Waals surface area contributed by atoms with E-state index < -0.39 is 11.8 Å². The van der Waals surface area contributed by atoms with Crippen LogP contribution in [0.4, 0.5) is 11.4 Å². The SMILES string of the molecule is Cc1ccc(NC(=O)C(=O)Nc2ccc(C)cc2Br)c(C)c1. The first-order valence-corrected chi connectivity index (χ1v) is 7.62. The normalized spacial score (nSPS) is 10.2. The number of amides is 2. The Balaban J connectivity index is 2.07. The lowest BCUT2D eigenvalue weighted by Gasteiger charge is -2.10. The summed E-state index contributed by atoms with van der Waals surface area (Å²) in [6.07, 6.45) is 0. The third kappa shape index (κ3) is 3.95. The number of carbonyl (C=O) groups excluding carboxylic acids is 2. The fourth-order valence-corrected chi connectivity index (χ4v) is 2.63. The van der Waals surface area contributed by atoms with Gasteiger partial charge in [-0.2, -0.15) is 0 Å². The van der Waals surface area contributed by atoms with Crippen LogP contribution in [0.3, 0.4) is 0 Å². The Hall–Kier alpha value is -2.14. The second kappa shape index (κ2) is 6.75. The van der Waals surface area contributed by atoms with Gasteiger partial charge in [0, 0.05) is 10.2 Å². The molecule has 4 nitrogen and oxygen atoms in total. The fourth-order valence-electron chi connectivity index (χ4n) is 2.03. The van der Waals surface area contributed by atoms with E-state index in [2.05, 4.69) is 26.6 Å². The molecule has 0 bridgehead atoms. The lowest BCUT2D eigenvalue weighted by molar-refractivity contribution is -0.133. The number of nitrogens with one attached hydrogen (secondary N) is 2. The van der Waals surface area contributed by atoms with Crippen molar-refractivity contribution in [3.8, 4) is 0 Å². The van der Waals surface area contributed by atoms with Crippen molar-refractivity contribution in [3.05, 3.63) is 57.6 Å². The first-order chi connectivity index (χ1) is 10.4. The average Bonchev–Trinajstić information content (AvgIpc) is 2.44. The van der Waals surface area contributed by atoms with E-state index in [0.29, 0.717) is 11.4 Å². The molecule has 0 atom stereocenters. The van der Waals surface area contributed by atoms with Crippen molar-refractivity contribution in [2.24, 2.45) is 0 Å². The number of halogens is 1. The maximum Gasteiger partial charge on any atom is 0.314 e. The van der Waals surface area contributed by atoms with Crippen molar-refractivity contribution in [2.75, 3.05) is 10.6 Å². The zero-order chi connectivity index (χ0) is 16.3. The Morgan fingerprint density at radius 1 is 0.818 bits per heavy atom. The quantitative estimate of drug-likeness (QED) is 0.796. The van der Waals surface area contributed by atoms with Crippen molar-refractivity contribution in [3.63, 3.8) is 0 Å². The highest BCUT2D eigenvalue weighted by Gasteiger charge is 2.16. The van der Waals surface area contributed by atoms with Crippen molar-refractivity contribution in [2.45, 2.75) is 20.8 Å². The smallest absolute Gasteiger partial charge is 0.314 e. The fraction of sp³-hybridized carbons (Fsp3) is 0.176. The highest BCUT2D eigenvalue weighted by Crippen LogP contribution is 2.23. The minimum absolute atomic E-state index is 0.561. The van der Waals surface area contributed by atoms with Crippen LogP contribution in [-0.2, 0) is 9.59 Å². The molecule has 2 aromatic rings. The highest BCUT2D eigenvalue weighted by molar-refractivity contribution is 9.10. The summed E-state index contributed by atoms with van der Waals surface area (Å²) >= 11 is 3.36. The molecule has 22 heavy (non-hydrogen) atoms. The summed E-state index contributed by atoms with van der Waals surface area (Å²) < 4.78 is 0.736. The van der Waals surface area contributed by atoms with Gasteiger partial charge >= 0.3 is 11.8 Å². The summed E-state index contributed by atoms with van der Waals surface area (Å²) in [5.41, 5.74) is 4.27. The maximum atomic E-state index is 12.0. The Morgan fingerprint density at radius 2 is 1.32 bits per heavy atom. The number of carbonyl (C=O) groups is 2. The molecule has 114 valence electrons. The number of anilines is 2. The van der Waals surface area contributed by atoms with E-state index >= 15 is 0 Å². The second-order valence-electron chi connectivity index (χ2n) is 5.21. The van der Waals surface area contributed by atoms with Gasteiger partial charge in [0.05, 0.1) is 5.69 Å². The van der Waals surface area contributed by atoms with Gasteiger partial charge in [-0.15, -0.1) is 0 Å². The average molecular weight is 361 g/mol. The van der Waals surface area contributed by atoms with Gasteiger partial charge in [0.1, 0.15) is 0 Å². The molecular weight excluding hydrogens is 344 g/mol. The number of benzene rings is 2. The van der Waals surface area contributed by atoms with E-state index in [9.17, 15) is 9.59 Å². The van der Waals surface area contributed by atoms with E-state index in [-0.39, 0.29) is 0 Å². The Labute approximate surface area is 138 Å². The van der Waals surface area contributed by atoms with Crippen LogP contribution in [0.1, 0.15) is 16.7 Å². The molecule has 0 saturated carbocycles. The van der Waals surface area contributed by atoms with Crippen LogP contribution in [-0.4, -0.2) is 11.8 Å². The molecule has 0 saturated heterocycles. The van der Waals surface area contributed by atoms with E-state index in [1.165, 1.54) is 0 Å². The maximum absolute atomic E-state index is 12.0. The topological polar surface area (TPSA) is 58.2 Å². The van der Waals surface area contributed by atoms with Gasteiger partial charge in [-0.1, -0.05) is 23.8 Å². The van der Waals surface area contributed by atoms with Gasteiger partial charge in [-0.3, -0.25) is 9.59 Å². The summed E-state index contributed by atoms with van der Waals surface area (Å²) in [6, 6.07) is 11.1. The van der Waals surface area contributed by atoms with Gasteiger partial charge in [0.15, 0.2) is 0 Å². The summed E-state index contributed by atoms with van der Waals surface area (Å²) in [6.45, 7) is 5.81. The van der Waals surface area contributed by atoms with Crippen LogP contribution in [0.2, 0.25) is 0 Å². The lowest BCUT2D eigenvalue weighted by Crippen LogP contribution is -2.29. The zero-order valence-corrected chi connectivity index (χ0v) is 14.2. The molecule has 5 heteroatoms. The standard InChI is InChI=1S/C17H17BrN2O2/c1-10-4-6-14(12(3)8-10)19-16(21)17(22)20-15-7-5-11(2)9-13(15)18/h4-9H,1-3H3,(H,19,21)(H,20,22). The summed E-state index contributed by atoms with van der Waals surface area (Å²) in [4.78, 5) is 24.0. The number of rotatable bonds is 2. The van der Waals surface area contributed by atoms with Crippen LogP contribution >= 0.6 is 15.9 Å². The molecule has 0 aromatic heterocycles. The summed E-state index contributed by atoms with van der Waals surface area (Å²) in [7, 11) is 0. The predicted molar refractivity (Wildman–Crippen MR) is 92.1 cm³/mol. The lowest BCUT2D eigenvalue weighted by atomic mass is 10.1. The van der Waals surface area contributed by atoms with Crippen molar-refractivity contribution in [1.29, 1.82) is 0 Å². The van der Waals surface area contributed by atoms with Crippen molar-refractivity contribution >= 4 is 39.1 Å². The van der Waals surface area contributed by atoms with Gasteiger partial charge in [-0.25, -0.2) is 0 Å². The zero-order valence-electron chi connectivity index (χ0n) is 12.7. The first-order valence-electron chi connectivity index (χ1n) is 6.82. The van der Waals surface area contributed by atoms with E-state index in [1.807, 2.05) is 45.0 Å². The van der Waals surface area contributed by atoms with Crippen LogP contribution < -0.4 is 10.6 Å². The molecule has 2 rings (SSSR count). The minimum Gasteiger partial charge on any atom is -0.318 e. The molecule has 2 amide bonds. The van der Waals surface area contributed by atoms with Crippen LogP contribution in [0.5, 0.6) is 0 Å². The molecule has 2 N–H and O–H groups in total. The number of aryl methyl sites for hydroxylation is 3. The second-order valence-corrected chi connectivity index (χ2v) is 6.06. The predicted octanol–water partition coefficient (Wildman–Crippen LogP) is 3.95. The van der Waals surface area contributed by atoms with Crippen LogP contribution in [0.25, 0.3) is 0 Å². The van der Waals surface area contributed by atoms with E-state index in [1.54, 1.807) is 12.1 Å². The Morgan fingerprint density at radius 3 is 1.86 bits per heavy atom. The molecule has 0 fully saturated rings. The minimum atomic E-state index is -0.704. The van der Waals surface area contributed by atoms with Crippen LogP contribution in [0.15, 0.2) is 40.9 Å². The van der Waals surface area contributed by atoms with Gasteiger partial charge in [-0.05, 0) is 66.0 Å². The monoisotopic (exact) mass is 360 g/mol. The van der Waals surface area contributed by atoms with Gasteiger partial charge in [0.25, 0.3) is 0 Å². The molecule has 0 aliphatic heterocycles. The third-order valence-corrected chi connectivity index (χ3v) is 3.87. The van der Waals surface area contributed by atoms with Gasteiger partial charge in [0.2, 0.25) is 0 Å². The van der Waals surface area contributed by atoms with Crippen molar-refractivity contribution < 1.29 is 9.59 Å². The van der Waals surface area contributed by atoms with E-state index in [4.69, 9.17) is 0 Å². The Bertz CT molecular complexity index is 678. The van der Waals surface area contributed by atoms with Gasteiger partial charge < -0.3 is 10.6 Å². The number of hydrogen-bond acceptors (Lipinski definition) is 2. The third-order valence-electron chi connectivity index (χ3n) is 3.21. The molecule has 0 aliphatic carbocycles.